The standard InChI is InChI=1S/C21H17N3O3S/c1-13(20(25)24-17-10-8-15(12-22)9-11-17)27-21(26)19-18(23-14(2)28-19)16-6-4-3-5-7-16/h3-11,13H,1-2H3,(H,24,25)/t13-/m0/s1. The third kappa shape index (κ3) is 4.42. The highest BCUT2D eigenvalue weighted by Crippen LogP contribution is 2.29. The van der Waals surface area contributed by atoms with E-state index < -0.39 is 18.0 Å². The lowest BCUT2D eigenvalue weighted by atomic mass is 10.1. The first-order valence-electron chi connectivity index (χ1n) is 8.53. The number of nitrogens with one attached hydrogen (secondary N) is 1. The van der Waals surface area contributed by atoms with Gasteiger partial charge in [-0.3, -0.25) is 4.79 Å². The molecule has 140 valence electrons. The number of aromatic nitrogens is 1. The maximum Gasteiger partial charge on any atom is 0.351 e. The molecule has 0 saturated heterocycles. The van der Waals surface area contributed by atoms with Gasteiger partial charge in [-0.05, 0) is 38.1 Å². The number of esters is 1. The minimum atomic E-state index is -0.992. The number of nitrogens with zero attached hydrogens (tertiary/aromatic N) is 2. The molecule has 0 radical (unpaired) electrons. The van der Waals surface area contributed by atoms with Crippen LogP contribution in [0.4, 0.5) is 5.69 Å². The van der Waals surface area contributed by atoms with Crippen molar-refractivity contribution in [1.82, 2.24) is 4.98 Å². The third-order valence-corrected chi connectivity index (χ3v) is 4.85. The molecule has 0 unspecified atom stereocenters. The second kappa shape index (κ2) is 8.46. The van der Waals surface area contributed by atoms with Crippen LogP contribution in [0.5, 0.6) is 0 Å². The highest BCUT2D eigenvalue weighted by molar-refractivity contribution is 7.14. The molecule has 0 fully saturated rings. The van der Waals surface area contributed by atoms with Gasteiger partial charge in [0.15, 0.2) is 6.10 Å². The average Bonchev–Trinajstić information content (AvgIpc) is 3.11. The Balaban J connectivity index is 1.70. The quantitative estimate of drug-likeness (QED) is 0.659. The van der Waals surface area contributed by atoms with Gasteiger partial charge in [-0.2, -0.15) is 5.26 Å². The zero-order valence-corrected chi connectivity index (χ0v) is 16.1. The summed E-state index contributed by atoms with van der Waals surface area (Å²) in [4.78, 5) is 29.8. The minimum absolute atomic E-state index is 0.363. The molecule has 0 aliphatic carbocycles. The summed E-state index contributed by atoms with van der Waals surface area (Å²) < 4.78 is 5.36. The molecule has 7 heteroatoms. The van der Waals surface area contributed by atoms with Crippen LogP contribution in [-0.4, -0.2) is 23.0 Å². The molecule has 1 atom stereocenters. The van der Waals surface area contributed by atoms with Crippen molar-refractivity contribution in [2.45, 2.75) is 20.0 Å². The predicted octanol–water partition coefficient (Wildman–Crippen LogP) is 4.17. The van der Waals surface area contributed by atoms with E-state index >= 15 is 0 Å². The number of ether oxygens (including phenoxy) is 1. The monoisotopic (exact) mass is 391 g/mol. The maximum absolute atomic E-state index is 12.6. The molecule has 0 aliphatic heterocycles. The van der Waals surface area contributed by atoms with Gasteiger partial charge in [0.2, 0.25) is 0 Å². The lowest BCUT2D eigenvalue weighted by Gasteiger charge is -2.13. The van der Waals surface area contributed by atoms with E-state index in [1.165, 1.54) is 18.3 Å². The first-order chi connectivity index (χ1) is 13.5. The van der Waals surface area contributed by atoms with Gasteiger partial charge in [0.25, 0.3) is 5.91 Å². The normalized spacial score (nSPS) is 11.3. The van der Waals surface area contributed by atoms with Crippen LogP contribution in [0.1, 0.15) is 27.2 Å². The molecule has 1 amide bonds. The van der Waals surface area contributed by atoms with E-state index in [4.69, 9.17) is 10.00 Å². The van der Waals surface area contributed by atoms with Gasteiger partial charge in [0.1, 0.15) is 4.88 Å². The summed E-state index contributed by atoms with van der Waals surface area (Å²) in [5.74, 6) is -1.05. The summed E-state index contributed by atoms with van der Waals surface area (Å²) in [6, 6.07) is 17.8. The molecule has 0 bridgehead atoms. The molecule has 2 aromatic carbocycles. The SMILES string of the molecule is Cc1nc(-c2ccccc2)c(C(=O)O[C@@H](C)C(=O)Nc2ccc(C#N)cc2)s1. The Hall–Kier alpha value is -3.50. The number of anilines is 1. The van der Waals surface area contributed by atoms with E-state index in [2.05, 4.69) is 10.3 Å². The maximum atomic E-state index is 12.6. The number of aryl methyl sites for hydroxylation is 1. The van der Waals surface area contributed by atoms with E-state index in [1.807, 2.05) is 43.3 Å². The molecular weight excluding hydrogens is 374 g/mol. The number of carbonyl (C=O) groups excluding carboxylic acids is 2. The van der Waals surface area contributed by atoms with Gasteiger partial charge in [0, 0.05) is 11.3 Å². The average molecular weight is 391 g/mol. The number of hydrogen-bond acceptors (Lipinski definition) is 6. The van der Waals surface area contributed by atoms with Crippen molar-refractivity contribution in [3.05, 3.63) is 70.0 Å². The second-order valence-corrected chi connectivity index (χ2v) is 7.21. The van der Waals surface area contributed by atoms with Crippen LogP contribution in [0, 0.1) is 18.3 Å². The lowest BCUT2D eigenvalue weighted by molar-refractivity contribution is -0.123. The van der Waals surface area contributed by atoms with E-state index in [1.54, 1.807) is 24.3 Å². The molecule has 0 aliphatic rings. The number of thiazole rings is 1. The van der Waals surface area contributed by atoms with E-state index in [0.29, 0.717) is 21.8 Å². The van der Waals surface area contributed by atoms with Crippen LogP contribution >= 0.6 is 11.3 Å². The first-order valence-corrected chi connectivity index (χ1v) is 9.34. The molecular formula is C21H17N3O3S. The Labute approximate surface area is 166 Å². The molecule has 1 aromatic heterocycles. The zero-order valence-electron chi connectivity index (χ0n) is 15.3. The molecule has 1 N–H and O–H groups in total. The molecule has 3 rings (SSSR count). The Morgan fingerprint density at radius 1 is 1.14 bits per heavy atom. The summed E-state index contributed by atoms with van der Waals surface area (Å²) in [5, 5.41) is 12.2. The molecule has 0 saturated carbocycles. The van der Waals surface area contributed by atoms with Crippen LogP contribution < -0.4 is 5.32 Å². The Bertz CT molecular complexity index is 1040. The molecule has 0 spiro atoms. The van der Waals surface area contributed by atoms with Crippen molar-refractivity contribution in [3.63, 3.8) is 0 Å². The number of hydrogen-bond donors (Lipinski definition) is 1. The van der Waals surface area contributed by atoms with Crippen LogP contribution in [-0.2, 0) is 9.53 Å². The summed E-state index contributed by atoms with van der Waals surface area (Å²) in [5.41, 5.74) is 2.37. The fourth-order valence-electron chi connectivity index (χ4n) is 2.50. The second-order valence-electron chi connectivity index (χ2n) is 6.00. The molecule has 6 nitrogen and oxygen atoms in total. The van der Waals surface area contributed by atoms with Crippen LogP contribution in [0.3, 0.4) is 0 Å². The van der Waals surface area contributed by atoms with Gasteiger partial charge in [0.05, 0.1) is 22.3 Å². The van der Waals surface area contributed by atoms with Gasteiger partial charge < -0.3 is 10.1 Å². The van der Waals surface area contributed by atoms with Crippen molar-refractivity contribution in [2.24, 2.45) is 0 Å². The fourth-order valence-corrected chi connectivity index (χ4v) is 3.32. The lowest BCUT2D eigenvalue weighted by Crippen LogP contribution is -2.29. The fraction of sp³-hybridized carbons (Fsp3) is 0.143. The van der Waals surface area contributed by atoms with Crippen LogP contribution in [0.25, 0.3) is 11.3 Å². The van der Waals surface area contributed by atoms with Crippen LogP contribution in [0.2, 0.25) is 0 Å². The van der Waals surface area contributed by atoms with Crippen molar-refractivity contribution in [1.29, 1.82) is 5.26 Å². The van der Waals surface area contributed by atoms with Crippen molar-refractivity contribution < 1.29 is 14.3 Å². The Morgan fingerprint density at radius 2 is 1.82 bits per heavy atom. The molecule has 1 heterocycles. The highest BCUT2D eigenvalue weighted by atomic mass is 32.1. The molecule has 3 aromatic rings. The third-order valence-electron chi connectivity index (χ3n) is 3.90. The van der Waals surface area contributed by atoms with Gasteiger partial charge in [-0.25, -0.2) is 9.78 Å². The number of carbonyl (C=O) groups is 2. The smallest absolute Gasteiger partial charge is 0.351 e. The number of nitriles is 1. The van der Waals surface area contributed by atoms with E-state index in [9.17, 15) is 9.59 Å². The Kier molecular flexibility index (Phi) is 5.82. The summed E-state index contributed by atoms with van der Waals surface area (Å²) in [6.07, 6.45) is -0.992. The highest BCUT2D eigenvalue weighted by Gasteiger charge is 2.24. The topological polar surface area (TPSA) is 92.1 Å². The number of rotatable bonds is 5. The first kappa shape index (κ1) is 19.3. The van der Waals surface area contributed by atoms with E-state index in [-0.39, 0.29) is 0 Å². The summed E-state index contributed by atoms with van der Waals surface area (Å²) in [6.45, 7) is 3.32. The van der Waals surface area contributed by atoms with Crippen molar-refractivity contribution in [3.8, 4) is 17.3 Å². The summed E-state index contributed by atoms with van der Waals surface area (Å²) in [7, 11) is 0. The predicted molar refractivity (Wildman–Crippen MR) is 107 cm³/mol. The van der Waals surface area contributed by atoms with E-state index in [0.717, 1.165) is 10.6 Å². The number of benzene rings is 2. The molecule has 28 heavy (non-hydrogen) atoms. The van der Waals surface area contributed by atoms with Crippen molar-refractivity contribution >= 4 is 28.9 Å². The minimum Gasteiger partial charge on any atom is -0.448 e. The Morgan fingerprint density at radius 3 is 2.46 bits per heavy atom. The largest absolute Gasteiger partial charge is 0.448 e. The summed E-state index contributed by atoms with van der Waals surface area (Å²) >= 11 is 1.23. The zero-order chi connectivity index (χ0) is 20.1. The number of amides is 1. The van der Waals surface area contributed by atoms with Gasteiger partial charge in [-0.1, -0.05) is 30.3 Å². The van der Waals surface area contributed by atoms with Crippen molar-refractivity contribution in [2.75, 3.05) is 5.32 Å². The van der Waals surface area contributed by atoms with Crippen LogP contribution in [0.15, 0.2) is 54.6 Å². The van der Waals surface area contributed by atoms with Gasteiger partial charge in [-0.15, -0.1) is 11.3 Å². The van der Waals surface area contributed by atoms with Gasteiger partial charge >= 0.3 is 5.97 Å².